The summed E-state index contributed by atoms with van der Waals surface area (Å²) in [6, 6.07) is 3.01. The minimum absolute atomic E-state index is 0.0130. The number of pyridine rings is 1. The molecule has 2 saturated heterocycles. The van der Waals surface area contributed by atoms with E-state index >= 15 is 0 Å². The highest BCUT2D eigenvalue weighted by Gasteiger charge is 2.33. The summed E-state index contributed by atoms with van der Waals surface area (Å²) in [4.78, 5) is 42.0. The van der Waals surface area contributed by atoms with Crippen LogP contribution < -0.4 is 16.0 Å². The van der Waals surface area contributed by atoms with Crippen molar-refractivity contribution in [3.63, 3.8) is 0 Å². The topological polar surface area (TPSA) is 127 Å². The van der Waals surface area contributed by atoms with Crippen molar-refractivity contribution in [1.82, 2.24) is 19.9 Å². The number of ether oxygens (including phenoxy) is 1. The number of anilines is 3. The molecular formula is C31H46FN7O3. The number of halogens is 1. The lowest BCUT2D eigenvalue weighted by molar-refractivity contribution is 0.0154. The third-order valence-electron chi connectivity index (χ3n) is 7.94. The van der Waals surface area contributed by atoms with Crippen LogP contribution in [-0.2, 0) is 4.74 Å². The van der Waals surface area contributed by atoms with Gasteiger partial charge in [-0.15, -0.1) is 0 Å². The number of carbonyl (C=O) groups excluding carboxylic acids is 2. The van der Waals surface area contributed by atoms with Crippen molar-refractivity contribution < 1.29 is 18.7 Å². The van der Waals surface area contributed by atoms with Crippen LogP contribution in [-0.4, -0.2) is 63.1 Å². The number of amides is 2. The third kappa shape index (κ3) is 9.25. The fraction of sp³-hybridized carbons (Fsp3) is 0.645. The first-order valence-corrected chi connectivity index (χ1v) is 15.4. The largest absolute Gasteiger partial charge is 0.444 e. The molecule has 2 aromatic rings. The Morgan fingerprint density at radius 1 is 1.00 bits per heavy atom. The summed E-state index contributed by atoms with van der Waals surface area (Å²) >= 11 is 0. The maximum atomic E-state index is 14.3. The summed E-state index contributed by atoms with van der Waals surface area (Å²) in [5, 5.41) is 2.99. The molecule has 2 aliphatic heterocycles. The van der Waals surface area contributed by atoms with Gasteiger partial charge in [0.05, 0.1) is 17.9 Å². The van der Waals surface area contributed by atoms with Crippen molar-refractivity contribution in [2.45, 2.75) is 103 Å². The van der Waals surface area contributed by atoms with E-state index in [1.807, 2.05) is 31.7 Å². The van der Waals surface area contributed by atoms with E-state index in [0.29, 0.717) is 24.7 Å². The number of carbonyl (C=O) groups is 2. The average molecular weight is 584 g/mol. The zero-order valence-electron chi connectivity index (χ0n) is 25.3. The molecular weight excluding hydrogens is 537 g/mol. The molecule has 2 fully saturated rings. The van der Waals surface area contributed by atoms with Crippen LogP contribution in [0.1, 0.15) is 102 Å². The molecule has 11 heteroatoms. The van der Waals surface area contributed by atoms with Crippen LogP contribution >= 0.6 is 0 Å². The number of fused-ring (bicyclic) bond motifs is 3. The molecule has 2 aromatic heterocycles. The molecule has 0 saturated carbocycles. The fourth-order valence-electron chi connectivity index (χ4n) is 5.85. The summed E-state index contributed by atoms with van der Waals surface area (Å²) in [6.45, 7) is 7.87. The zero-order valence-corrected chi connectivity index (χ0v) is 25.3. The summed E-state index contributed by atoms with van der Waals surface area (Å²) < 4.78 is 20.2. The zero-order chi connectivity index (χ0) is 30.1. The normalized spacial score (nSPS) is 21.1. The van der Waals surface area contributed by atoms with Gasteiger partial charge in [-0.2, -0.15) is 4.98 Å². The molecule has 0 aromatic carbocycles. The van der Waals surface area contributed by atoms with Gasteiger partial charge in [0, 0.05) is 31.9 Å². The van der Waals surface area contributed by atoms with Crippen LogP contribution in [0.15, 0.2) is 24.5 Å². The van der Waals surface area contributed by atoms with E-state index in [4.69, 9.17) is 15.5 Å². The minimum Gasteiger partial charge on any atom is -0.444 e. The van der Waals surface area contributed by atoms with E-state index in [-0.39, 0.29) is 18.1 Å². The molecule has 0 radical (unpaired) electrons. The number of hydrogen-bond acceptors (Lipinski definition) is 8. The third-order valence-corrected chi connectivity index (χ3v) is 7.94. The molecule has 0 spiro atoms. The summed E-state index contributed by atoms with van der Waals surface area (Å²) in [5.74, 6) is -0.253. The summed E-state index contributed by atoms with van der Waals surface area (Å²) in [5.41, 5.74) is 4.49. The first-order chi connectivity index (χ1) is 20.1. The number of nitrogens with zero attached hydrogens (tertiary/aromatic N) is 5. The number of aromatic nitrogens is 3. The van der Waals surface area contributed by atoms with Crippen LogP contribution in [0.2, 0.25) is 0 Å². The predicted molar refractivity (Wildman–Crippen MR) is 161 cm³/mol. The van der Waals surface area contributed by atoms with Crippen molar-refractivity contribution in [2.75, 3.05) is 29.9 Å². The number of hydrogen-bond donors (Lipinski definition) is 2. The predicted octanol–water partition coefficient (Wildman–Crippen LogP) is 6.20. The highest BCUT2D eigenvalue weighted by atomic mass is 19.1. The van der Waals surface area contributed by atoms with Crippen molar-refractivity contribution in [2.24, 2.45) is 11.7 Å². The Morgan fingerprint density at radius 3 is 2.40 bits per heavy atom. The molecule has 230 valence electrons. The van der Waals surface area contributed by atoms with Crippen LogP contribution in [0.3, 0.4) is 0 Å². The molecule has 2 unspecified atom stereocenters. The lowest BCUT2D eigenvalue weighted by atomic mass is 9.95. The molecule has 0 aliphatic carbocycles. The molecule has 10 nitrogen and oxygen atoms in total. The Bertz CT molecular complexity index is 1210. The Balaban J connectivity index is 1.59. The minimum atomic E-state index is -0.930. The van der Waals surface area contributed by atoms with Crippen LogP contribution in [0.4, 0.5) is 26.6 Å². The summed E-state index contributed by atoms with van der Waals surface area (Å²) in [7, 11) is 0. The van der Waals surface area contributed by atoms with Crippen molar-refractivity contribution >= 4 is 29.5 Å². The van der Waals surface area contributed by atoms with Crippen LogP contribution in [0.5, 0.6) is 0 Å². The lowest BCUT2D eigenvalue weighted by Gasteiger charge is -2.35. The number of nitrogens with two attached hydrogens (primary N) is 1. The number of rotatable bonds is 4. The van der Waals surface area contributed by atoms with E-state index in [9.17, 15) is 14.0 Å². The number of nitrogens with one attached hydrogen (secondary N) is 1. The van der Waals surface area contributed by atoms with Gasteiger partial charge in [0.25, 0.3) is 5.91 Å². The van der Waals surface area contributed by atoms with Gasteiger partial charge in [-0.3, -0.25) is 4.79 Å². The maximum absolute atomic E-state index is 14.3. The number of primary amides is 1. The van der Waals surface area contributed by atoms with Gasteiger partial charge in [-0.05, 0) is 58.4 Å². The molecule has 2 aliphatic rings. The SMILES string of the molecule is CC(C)(C)OC(=O)N1CCCCCCCCCCC2CCC1CN(c1ccnc(Nc3cnc(C(N)=O)c(F)c3)n1)C2. The second kappa shape index (κ2) is 14.6. The molecule has 4 heterocycles. The Morgan fingerprint density at radius 2 is 1.71 bits per heavy atom. The van der Waals surface area contributed by atoms with Crippen molar-refractivity contribution in [1.29, 1.82) is 0 Å². The molecule has 42 heavy (non-hydrogen) atoms. The van der Waals surface area contributed by atoms with Crippen molar-refractivity contribution in [3.05, 3.63) is 36.0 Å². The van der Waals surface area contributed by atoms with Gasteiger partial charge < -0.3 is 25.6 Å². The van der Waals surface area contributed by atoms with Gasteiger partial charge in [0.1, 0.15) is 11.4 Å². The van der Waals surface area contributed by atoms with Gasteiger partial charge in [-0.25, -0.2) is 19.2 Å². The van der Waals surface area contributed by atoms with E-state index in [2.05, 4.69) is 20.2 Å². The average Bonchev–Trinajstić information content (AvgIpc) is 3.13. The first kappa shape index (κ1) is 31.4. The molecule has 2 bridgehead atoms. The Kier molecular flexibility index (Phi) is 10.9. The van der Waals surface area contributed by atoms with Gasteiger partial charge >= 0.3 is 6.09 Å². The Labute approximate surface area is 248 Å². The standard InChI is InChI=1S/C31H46FN7O3/c1-31(2,3)42-30(41)39-17-11-9-7-5-4-6-8-10-12-22-13-14-24(39)21-38(20-22)26-15-16-34-29(37-26)36-23-18-25(32)27(28(33)40)35-19-23/h15-16,18-19,22,24H,4-14,17,20-21H2,1-3H3,(H2,33,40)(H,34,36,37). The Hall–Kier alpha value is -3.50. The van der Waals surface area contributed by atoms with Crippen LogP contribution in [0, 0.1) is 11.7 Å². The smallest absolute Gasteiger partial charge is 0.410 e. The van der Waals surface area contributed by atoms with E-state index in [0.717, 1.165) is 50.5 Å². The van der Waals surface area contributed by atoms with E-state index in [1.165, 1.54) is 44.7 Å². The quantitative estimate of drug-likeness (QED) is 0.436. The van der Waals surface area contributed by atoms with E-state index < -0.39 is 23.0 Å². The highest BCUT2D eigenvalue weighted by Crippen LogP contribution is 2.29. The molecule has 2 atom stereocenters. The lowest BCUT2D eigenvalue weighted by Crippen LogP contribution is -2.48. The van der Waals surface area contributed by atoms with Gasteiger partial charge in [0.15, 0.2) is 11.5 Å². The summed E-state index contributed by atoms with van der Waals surface area (Å²) in [6.07, 6.45) is 15.4. The first-order valence-electron chi connectivity index (χ1n) is 15.4. The highest BCUT2D eigenvalue weighted by molar-refractivity contribution is 5.91. The molecule has 3 N–H and O–H groups in total. The fourth-order valence-corrected chi connectivity index (χ4v) is 5.85. The molecule has 2 amide bonds. The monoisotopic (exact) mass is 583 g/mol. The van der Waals surface area contributed by atoms with Crippen molar-refractivity contribution in [3.8, 4) is 0 Å². The van der Waals surface area contributed by atoms with E-state index in [1.54, 1.807) is 6.20 Å². The second-order valence-corrected chi connectivity index (χ2v) is 12.6. The van der Waals surface area contributed by atoms with Gasteiger partial charge in [-0.1, -0.05) is 44.9 Å². The van der Waals surface area contributed by atoms with Gasteiger partial charge in [0.2, 0.25) is 5.95 Å². The molecule has 4 rings (SSSR count). The van der Waals surface area contributed by atoms with Crippen LogP contribution in [0.25, 0.3) is 0 Å². The maximum Gasteiger partial charge on any atom is 0.410 e. The second-order valence-electron chi connectivity index (χ2n) is 12.6.